The molecule has 0 aliphatic carbocycles. The molecule has 0 saturated heterocycles. The summed E-state index contributed by atoms with van der Waals surface area (Å²) in [5.74, 6) is 0.411. The molecule has 2 heterocycles. The fourth-order valence-electron chi connectivity index (χ4n) is 2.28. The second kappa shape index (κ2) is 5.85. The van der Waals surface area contributed by atoms with Crippen LogP contribution in [0.15, 0.2) is 36.4 Å². The summed E-state index contributed by atoms with van der Waals surface area (Å²) in [6, 6.07) is 11.6. The topological polar surface area (TPSA) is 90.9 Å². The van der Waals surface area contributed by atoms with Crippen LogP contribution in [-0.4, -0.2) is 32.6 Å². The Bertz CT molecular complexity index is 812. The maximum Gasteiger partial charge on any atom is 0.305 e. The fourth-order valence-corrected chi connectivity index (χ4v) is 2.28. The largest absolute Gasteiger partial charge is 0.481 e. The molecular formula is C16H16N4O2. The average Bonchev–Trinajstić information content (AvgIpc) is 2.88. The Hall–Kier alpha value is -2.89. The number of benzene rings is 1. The van der Waals surface area contributed by atoms with Crippen molar-refractivity contribution in [3.63, 3.8) is 0 Å². The number of aryl methyl sites for hydroxylation is 1. The number of fused-ring (bicyclic) bond motifs is 1. The average molecular weight is 296 g/mol. The van der Waals surface area contributed by atoms with Gasteiger partial charge < -0.3 is 15.4 Å². The highest BCUT2D eigenvalue weighted by atomic mass is 16.4. The van der Waals surface area contributed by atoms with Gasteiger partial charge in [0, 0.05) is 17.8 Å². The Morgan fingerprint density at radius 3 is 2.77 bits per heavy atom. The summed E-state index contributed by atoms with van der Waals surface area (Å²) >= 11 is 0. The van der Waals surface area contributed by atoms with Gasteiger partial charge in [-0.2, -0.15) is 0 Å². The van der Waals surface area contributed by atoms with E-state index in [9.17, 15) is 4.79 Å². The van der Waals surface area contributed by atoms with E-state index < -0.39 is 5.97 Å². The third kappa shape index (κ3) is 2.90. The van der Waals surface area contributed by atoms with Gasteiger partial charge in [0.1, 0.15) is 11.5 Å². The molecule has 6 heteroatoms. The molecular weight excluding hydrogens is 280 g/mol. The fraction of sp³-hybridized carbons (Fsp3) is 0.188. The van der Waals surface area contributed by atoms with Gasteiger partial charge in [-0.1, -0.05) is 30.3 Å². The second-order valence-corrected chi connectivity index (χ2v) is 5.05. The predicted molar refractivity (Wildman–Crippen MR) is 84.8 cm³/mol. The molecule has 0 saturated carbocycles. The van der Waals surface area contributed by atoms with Crippen LogP contribution in [0.1, 0.15) is 12.1 Å². The third-order valence-electron chi connectivity index (χ3n) is 3.29. The summed E-state index contributed by atoms with van der Waals surface area (Å²) in [7, 11) is 0. The maximum absolute atomic E-state index is 10.7. The molecule has 0 aliphatic rings. The number of aromatic nitrogens is 3. The summed E-state index contributed by atoms with van der Waals surface area (Å²) in [6.45, 7) is 2.27. The SMILES string of the molecule is Cc1cc2c(NCCC(=O)O)nc(-c3ccccc3)nc2[nH]1. The minimum absolute atomic E-state index is 0.0373. The van der Waals surface area contributed by atoms with Crippen molar-refractivity contribution in [3.05, 3.63) is 42.1 Å². The number of H-pyrrole nitrogens is 1. The van der Waals surface area contributed by atoms with Crippen LogP contribution in [-0.2, 0) is 4.79 Å². The smallest absolute Gasteiger partial charge is 0.305 e. The summed E-state index contributed by atoms with van der Waals surface area (Å²) in [5, 5.41) is 12.7. The number of carboxylic acid groups (broad SMARTS) is 1. The molecule has 0 aliphatic heterocycles. The Labute approximate surface area is 127 Å². The standard InChI is InChI=1S/C16H16N4O2/c1-10-9-12-15(17-8-7-13(21)22)19-14(20-16(12)18-10)11-5-3-2-4-6-11/h2-6,9H,7-8H2,1H3,(H,21,22)(H2,17,18,19,20). The lowest BCUT2D eigenvalue weighted by Gasteiger charge is -2.08. The third-order valence-corrected chi connectivity index (χ3v) is 3.29. The summed E-state index contributed by atoms with van der Waals surface area (Å²) in [4.78, 5) is 23.0. The van der Waals surface area contributed by atoms with Gasteiger partial charge in [0.15, 0.2) is 5.82 Å². The van der Waals surface area contributed by atoms with Gasteiger partial charge in [0.2, 0.25) is 0 Å². The van der Waals surface area contributed by atoms with Crippen LogP contribution in [0.25, 0.3) is 22.4 Å². The molecule has 0 fully saturated rings. The minimum Gasteiger partial charge on any atom is -0.481 e. The zero-order chi connectivity index (χ0) is 15.5. The molecule has 3 N–H and O–H groups in total. The number of hydrogen-bond donors (Lipinski definition) is 3. The van der Waals surface area contributed by atoms with E-state index in [4.69, 9.17) is 5.11 Å². The normalized spacial score (nSPS) is 10.8. The van der Waals surface area contributed by atoms with Gasteiger partial charge in [0.05, 0.1) is 11.8 Å². The number of carbonyl (C=O) groups is 1. The van der Waals surface area contributed by atoms with Crippen molar-refractivity contribution in [3.8, 4) is 11.4 Å². The van der Waals surface area contributed by atoms with Crippen molar-refractivity contribution < 1.29 is 9.90 Å². The first kappa shape index (κ1) is 14.1. The van der Waals surface area contributed by atoms with Crippen LogP contribution in [0.3, 0.4) is 0 Å². The van der Waals surface area contributed by atoms with Crippen molar-refractivity contribution in [2.45, 2.75) is 13.3 Å². The monoisotopic (exact) mass is 296 g/mol. The van der Waals surface area contributed by atoms with Crippen molar-refractivity contribution in [2.24, 2.45) is 0 Å². The van der Waals surface area contributed by atoms with E-state index in [1.807, 2.05) is 43.3 Å². The number of hydrogen-bond acceptors (Lipinski definition) is 4. The van der Waals surface area contributed by atoms with Crippen LogP contribution in [0, 0.1) is 6.92 Å². The van der Waals surface area contributed by atoms with E-state index >= 15 is 0 Å². The van der Waals surface area contributed by atoms with Crippen molar-refractivity contribution >= 4 is 22.8 Å². The van der Waals surface area contributed by atoms with Gasteiger partial charge in [-0.3, -0.25) is 4.79 Å². The lowest BCUT2D eigenvalue weighted by molar-refractivity contribution is -0.136. The summed E-state index contributed by atoms with van der Waals surface area (Å²) in [6.07, 6.45) is 0.0373. The first-order valence-electron chi connectivity index (χ1n) is 7.02. The van der Waals surface area contributed by atoms with E-state index in [-0.39, 0.29) is 6.42 Å². The van der Waals surface area contributed by atoms with E-state index in [1.165, 1.54) is 0 Å². The maximum atomic E-state index is 10.7. The number of nitrogens with zero attached hydrogens (tertiary/aromatic N) is 2. The quantitative estimate of drug-likeness (QED) is 0.673. The van der Waals surface area contributed by atoms with E-state index in [0.29, 0.717) is 18.2 Å². The number of carboxylic acids is 1. The Kier molecular flexibility index (Phi) is 3.74. The first-order chi connectivity index (χ1) is 10.6. The van der Waals surface area contributed by atoms with Crippen molar-refractivity contribution in [1.29, 1.82) is 0 Å². The molecule has 0 bridgehead atoms. The highest BCUT2D eigenvalue weighted by Crippen LogP contribution is 2.25. The highest BCUT2D eigenvalue weighted by molar-refractivity contribution is 5.89. The molecule has 0 amide bonds. The van der Waals surface area contributed by atoms with E-state index in [1.54, 1.807) is 0 Å². The van der Waals surface area contributed by atoms with Crippen LogP contribution < -0.4 is 5.32 Å². The van der Waals surface area contributed by atoms with Crippen LogP contribution in [0.2, 0.25) is 0 Å². The van der Waals surface area contributed by atoms with Gasteiger partial charge in [-0.05, 0) is 13.0 Å². The van der Waals surface area contributed by atoms with Gasteiger partial charge in [0.25, 0.3) is 0 Å². The molecule has 0 radical (unpaired) electrons. The number of nitrogens with one attached hydrogen (secondary N) is 2. The van der Waals surface area contributed by atoms with Crippen LogP contribution >= 0.6 is 0 Å². The molecule has 3 aromatic rings. The molecule has 3 rings (SSSR count). The molecule has 6 nitrogen and oxygen atoms in total. The van der Waals surface area contributed by atoms with Crippen molar-refractivity contribution in [1.82, 2.24) is 15.0 Å². The van der Waals surface area contributed by atoms with Gasteiger partial charge in [-0.25, -0.2) is 9.97 Å². The van der Waals surface area contributed by atoms with Crippen molar-refractivity contribution in [2.75, 3.05) is 11.9 Å². The molecule has 0 atom stereocenters. The second-order valence-electron chi connectivity index (χ2n) is 5.05. The van der Waals surface area contributed by atoms with E-state index in [2.05, 4.69) is 20.3 Å². The van der Waals surface area contributed by atoms with Crippen LogP contribution in [0.5, 0.6) is 0 Å². The number of rotatable bonds is 5. The van der Waals surface area contributed by atoms with Gasteiger partial charge >= 0.3 is 5.97 Å². The minimum atomic E-state index is -0.841. The molecule has 0 unspecified atom stereocenters. The summed E-state index contributed by atoms with van der Waals surface area (Å²) in [5.41, 5.74) is 2.64. The number of anilines is 1. The first-order valence-corrected chi connectivity index (χ1v) is 7.02. The number of aliphatic carboxylic acids is 1. The van der Waals surface area contributed by atoms with Gasteiger partial charge in [-0.15, -0.1) is 0 Å². The zero-order valence-corrected chi connectivity index (χ0v) is 12.1. The van der Waals surface area contributed by atoms with E-state index in [0.717, 1.165) is 22.3 Å². The molecule has 1 aromatic carbocycles. The Morgan fingerprint density at radius 1 is 1.27 bits per heavy atom. The van der Waals surface area contributed by atoms with Crippen LogP contribution in [0.4, 0.5) is 5.82 Å². The molecule has 0 spiro atoms. The molecule has 2 aromatic heterocycles. The highest BCUT2D eigenvalue weighted by Gasteiger charge is 2.11. The summed E-state index contributed by atoms with van der Waals surface area (Å²) < 4.78 is 0. The number of aromatic amines is 1. The predicted octanol–water partition coefficient (Wildman–Crippen LogP) is 2.82. The molecule has 22 heavy (non-hydrogen) atoms. The zero-order valence-electron chi connectivity index (χ0n) is 12.1. The lowest BCUT2D eigenvalue weighted by atomic mass is 10.2. The Morgan fingerprint density at radius 2 is 2.05 bits per heavy atom. The molecule has 112 valence electrons. The Balaban J connectivity index is 2.02. The lowest BCUT2D eigenvalue weighted by Crippen LogP contribution is -2.09.